The van der Waals surface area contributed by atoms with Crippen LogP contribution in [0.5, 0.6) is 0 Å². The van der Waals surface area contributed by atoms with E-state index in [1.165, 1.54) is 0 Å². The highest BCUT2D eigenvalue weighted by molar-refractivity contribution is 5.37. The molecule has 0 radical (unpaired) electrons. The van der Waals surface area contributed by atoms with Crippen molar-refractivity contribution in [3.8, 4) is 0 Å². The lowest BCUT2D eigenvalue weighted by Crippen LogP contribution is -2.23. The topological polar surface area (TPSA) is 62.4 Å². The molecule has 17 heavy (non-hydrogen) atoms. The molecule has 0 aliphatic carbocycles. The van der Waals surface area contributed by atoms with Crippen molar-refractivity contribution in [2.45, 2.75) is 20.1 Å². The molecule has 5 nitrogen and oxygen atoms in total. The van der Waals surface area contributed by atoms with Crippen molar-refractivity contribution in [2.24, 2.45) is 0 Å². The molecular weight excluding hydrogens is 218 g/mol. The molecule has 0 spiro atoms. The molecule has 0 amide bonds. The van der Waals surface area contributed by atoms with Gasteiger partial charge in [0.15, 0.2) is 5.82 Å². The monoisotopic (exact) mass is 233 g/mol. The Bertz CT molecular complexity index is 439. The van der Waals surface area contributed by atoms with Crippen LogP contribution in [0.4, 0.5) is 5.82 Å². The van der Waals surface area contributed by atoms with E-state index in [0.29, 0.717) is 12.2 Å². The predicted octanol–water partition coefficient (Wildman–Crippen LogP) is 1.59. The van der Waals surface area contributed by atoms with E-state index < -0.39 is 0 Å². The molecule has 0 atom stereocenters. The fraction of sp³-hybridized carbons (Fsp3) is 0.333. The average molecular weight is 233 g/mol. The van der Waals surface area contributed by atoms with E-state index in [2.05, 4.69) is 10.2 Å². The third-order valence-electron chi connectivity index (χ3n) is 2.50. The maximum Gasteiger partial charge on any atom is 0.151 e. The minimum atomic E-state index is -0.0857. The second-order valence-electron chi connectivity index (χ2n) is 3.63. The highest BCUT2D eigenvalue weighted by Crippen LogP contribution is 2.13. The number of aromatic nitrogens is 2. The second-order valence-corrected chi connectivity index (χ2v) is 3.63. The zero-order valence-electron chi connectivity index (χ0n) is 9.71. The second kappa shape index (κ2) is 5.45. The van der Waals surface area contributed by atoms with Gasteiger partial charge in [-0.15, -0.1) is 5.10 Å². The molecule has 2 rings (SSSR count). The lowest BCUT2D eigenvalue weighted by atomic mass is 10.3. The molecule has 0 bridgehead atoms. The highest BCUT2D eigenvalue weighted by atomic mass is 16.3. The Balaban J connectivity index is 2.11. The van der Waals surface area contributed by atoms with Gasteiger partial charge in [-0.2, -0.15) is 5.10 Å². The molecule has 2 aromatic heterocycles. The fourth-order valence-electron chi connectivity index (χ4n) is 1.55. The Labute approximate surface area is 99.7 Å². The maximum absolute atomic E-state index is 8.90. The lowest BCUT2D eigenvalue weighted by molar-refractivity contribution is 0.275. The number of furan rings is 1. The molecule has 0 fully saturated rings. The first kappa shape index (κ1) is 11.6. The Morgan fingerprint density at radius 3 is 2.71 bits per heavy atom. The standard InChI is InChI=1S/C12H15N3O2/c1-2-15(8-11-4-3-7-17-11)12-6-5-10(9-16)13-14-12/h3-7,16H,2,8-9H2,1H3. The van der Waals surface area contributed by atoms with Crippen LogP contribution >= 0.6 is 0 Å². The first-order chi connectivity index (χ1) is 8.33. The smallest absolute Gasteiger partial charge is 0.151 e. The molecule has 2 heterocycles. The molecule has 0 aromatic carbocycles. The van der Waals surface area contributed by atoms with Gasteiger partial charge in [-0.3, -0.25) is 0 Å². The van der Waals surface area contributed by atoms with Crippen LogP contribution in [0.15, 0.2) is 34.9 Å². The third kappa shape index (κ3) is 2.82. The molecule has 0 unspecified atom stereocenters. The van der Waals surface area contributed by atoms with E-state index in [-0.39, 0.29) is 6.61 Å². The molecule has 0 aliphatic heterocycles. The SMILES string of the molecule is CCN(Cc1ccco1)c1ccc(CO)nn1. The molecule has 0 saturated carbocycles. The van der Waals surface area contributed by atoms with Gasteiger partial charge < -0.3 is 14.4 Å². The van der Waals surface area contributed by atoms with E-state index in [4.69, 9.17) is 9.52 Å². The number of aliphatic hydroxyl groups is 1. The van der Waals surface area contributed by atoms with Gasteiger partial charge in [0.25, 0.3) is 0 Å². The third-order valence-corrected chi connectivity index (χ3v) is 2.50. The number of rotatable bonds is 5. The van der Waals surface area contributed by atoms with Crippen LogP contribution in [0.1, 0.15) is 18.4 Å². The van der Waals surface area contributed by atoms with Crippen molar-refractivity contribution in [3.63, 3.8) is 0 Å². The predicted molar refractivity (Wildman–Crippen MR) is 63.4 cm³/mol. The normalized spacial score (nSPS) is 10.5. The Morgan fingerprint density at radius 2 is 2.18 bits per heavy atom. The van der Waals surface area contributed by atoms with Crippen molar-refractivity contribution in [3.05, 3.63) is 42.0 Å². The fourth-order valence-corrected chi connectivity index (χ4v) is 1.55. The van der Waals surface area contributed by atoms with Crippen LogP contribution in [-0.4, -0.2) is 21.8 Å². The van der Waals surface area contributed by atoms with E-state index in [9.17, 15) is 0 Å². The molecule has 2 aromatic rings. The van der Waals surface area contributed by atoms with Crippen molar-refractivity contribution in [1.29, 1.82) is 0 Å². The summed E-state index contributed by atoms with van der Waals surface area (Å²) >= 11 is 0. The Morgan fingerprint density at radius 1 is 1.29 bits per heavy atom. The van der Waals surface area contributed by atoms with E-state index >= 15 is 0 Å². The van der Waals surface area contributed by atoms with Crippen LogP contribution in [-0.2, 0) is 13.2 Å². The minimum Gasteiger partial charge on any atom is -0.467 e. The van der Waals surface area contributed by atoms with Crippen molar-refractivity contribution in [2.75, 3.05) is 11.4 Å². The van der Waals surface area contributed by atoms with Gasteiger partial charge >= 0.3 is 0 Å². The summed E-state index contributed by atoms with van der Waals surface area (Å²) < 4.78 is 5.30. The van der Waals surface area contributed by atoms with Gasteiger partial charge in [-0.05, 0) is 31.2 Å². The number of anilines is 1. The van der Waals surface area contributed by atoms with Crippen LogP contribution in [0.2, 0.25) is 0 Å². The van der Waals surface area contributed by atoms with Crippen molar-refractivity contribution < 1.29 is 9.52 Å². The molecule has 0 aliphatic rings. The van der Waals surface area contributed by atoms with Crippen molar-refractivity contribution >= 4 is 5.82 Å². The first-order valence-corrected chi connectivity index (χ1v) is 5.54. The molecule has 1 N–H and O–H groups in total. The average Bonchev–Trinajstić information content (AvgIpc) is 2.89. The largest absolute Gasteiger partial charge is 0.467 e. The van der Waals surface area contributed by atoms with Gasteiger partial charge in [-0.1, -0.05) is 0 Å². The zero-order valence-corrected chi connectivity index (χ0v) is 9.71. The van der Waals surface area contributed by atoms with Crippen LogP contribution in [0, 0.1) is 0 Å². The van der Waals surface area contributed by atoms with Crippen LogP contribution in [0.3, 0.4) is 0 Å². The number of nitrogens with zero attached hydrogens (tertiary/aromatic N) is 3. The quantitative estimate of drug-likeness (QED) is 0.849. The van der Waals surface area contributed by atoms with E-state index in [1.54, 1.807) is 12.3 Å². The number of aliphatic hydroxyl groups excluding tert-OH is 1. The van der Waals surface area contributed by atoms with Gasteiger partial charge in [-0.25, -0.2) is 0 Å². The summed E-state index contributed by atoms with van der Waals surface area (Å²) in [5, 5.41) is 16.9. The Kier molecular flexibility index (Phi) is 3.72. The summed E-state index contributed by atoms with van der Waals surface area (Å²) in [4.78, 5) is 2.05. The number of hydrogen-bond donors (Lipinski definition) is 1. The number of hydrogen-bond acceptors (Lipinski definition) is 5. The van der Waals surface area contributed by atoms with Gasteiger partial charge in [0.05, 0.1) is 25.1 Å². The summed E-state index contributed by atoms with van der Waals surface area (Å²) in [5.41, 5.74) is 0.572. The van der Waals surface area contributed by atoms with Gasteiger partial charge in [0.1, 0.15) is 5.76 Å². The summed E-state index contributed by atoms with van der Waals surface area (Å²) in [6, 6.07) is 7.42. The highest BCUT2D eigenvalue weighted by Gasteiger charge is 2.08. The van der Waals surface area contributed by atoms with E-state index in [0.717, 1.165) is 18.1 Å². The molecule has 90 valence electrons. The molecule has 5 heteroatoms. The van der Waals surface area contributed by atoms with Gasteiger partial charge in [0.2, 0.25) is 0 Å². The van der Waals surface area contributed by atoms with Crippen LogP contribution in [0.25, 0.3) is 0 Å². The molecular formula is C12H15N3O2. The first-order valence-electron chi connectivity index (χ1n) is 5.54. The summed E-state index contributed by atoms with van der Waals surface area (Å²) in [6.07, 6.45) is 1.66. The lowest BCUT2D eigenvalue weighted by Gasteiger charge is -2.19. The summed E-state index contributed by atoms with van der Waals surface area (Å²) in [5.74, 6) is 1.67. The minimum absolute atomic E-state index is 0.0857. The molecule has 0 saturated heterocycles. The Hall–Kier alpha value is -1.88. The summed E-state index contributed by atoms with van der Waals surface area (Å²) in [7, 11) is 0. The summed E-state index contributed by atoms with van der Waals surface area (Å²) in [6.45, 7) is 3.44. The zero-order chi connectivity index (χ0) is 12.1. The van der Waals surface area contributed by atoms with Gasteiger partial charge in [0, 0.05) is 6.54 Å². The van der Waals surface area contributed by atoms with Crippen LogP contribution < -0.4 is 4.90 Å². The maximum atomic E-state index is 8.90. The van der Waals surface area contributed by atoms with Crippen molar-refractivity contribution in [1.82, 2.24) is 10.2 Å². The van der Waals surface area contributed by atoms with E-state index in [1.807, 2.05) is 30.0 Å².